The third-order valence-electron chi connectivity index (χ3n) is 4.91. The molecule has 1 fully saturated rings. The van der Waals surface area contributed by atoms with Crippen molar-refractivity contribution in [2.75, 3.05) is 13.7 Å². The van der Waals surface area contributed by atoms with Gasteiger partial charge in [-0.2, -0.15) is 8.78 Å². The molecule has 0 aromatic rings. The normalized spacial score (nSPS) is 20.7. The highest BCUT2D eigenvalue weighted by atomic mass is 19.3. The average Bonchev–Trinajstić information content (AvgIpc) is 2.89. The smallest absolute Gasteiger partial charge is 0.327 e. The first-order chi connectivity index (χ1) is 13.2. The van der Waals surface area contributed by atoms with Crippen LogP contribution >= 0.6 is 0 Å². The third-order valence-corrected chi connectivity index (χ3v) is 4.91. The van der Waals surface area contributed by atoms with Crippen molar-refractivity contribution < 1.29 is 28.2 Å². The maximum Gasteiger partial charge on any atom is 0.327 e. The number of unbranched alkanes of at least 4 members (excludes halogenated alkanes) is 3. The molecular weight excluding hydrogens is 368 g/mol. The second kappa shape index (κ2) is 11.8. The lowest BCUT2D eigenvalue weighted by Crippen LogP contribution is -2.36. The fourth-order valence-corrected chi connectivity index (χ4v) is 3.08. The van der Waals surface area contributed by atoms with Gasteiger partial charge in [0.1, 0.15) is 0 Å². The molecule has 158 valence electrons. The standard InChI is InChI=1S/C21H31F2NO4/c1-4-5-10-16(2)18(25)13-12-17-15-21(22,23)20(27)24(17)14-9-7-6-8-11-19(26)28-3/h12-13,16-18,25H,6-11,14-15H2,1-3H3/b13-12+/t16?,17-,18-/m0/s1. The summed E-state index contributed by atoms with van der Waals surface area (Å²) >= 11 is 0. The van der Waals surface area contributed by atoms with E-state index in [1.54, 1.807) is 6.92 Å². The Morgan fingerprint density at radius 3 is 2.71 bits per heavy atom. The number of aliphatic hydroxyl groups is 1. The molecule has 0 radical (unpaired) electrons. The highest BCUT2D eigenvalue weighted by Gasteiger charge is 2.52. The average molecular weight is 399 g/mol. The van der Waals surface area contributed by atoms with Crippen molar-refractivity contribution in [2.45, 2.75) is 76.9 Å². The van der Waals surface area contributed by atoms with Crippen LogP contribution in [0.3, 0.4) is 0 Å². The Balaban J connectivity index is 2.55. The van der Waals surface area contributed by atoms with E-state index in [0.29, 0.717) is 25.7 Å². The first-order valence-corrected chi connectivity index (χ1v) is 9.74. The van der Waals surface area contributed by atoms with Gasteiger partial charge in [-0.1, -0.05) is 31.9 Å². The molecule has 0 aromatic carbocycles. The lowest BCUT2D eigenvalue weighted by molar-refractivity contribution is -0.148. The molecule has 1 unspecified atom stereocenters. The summed E-state index contributed by atoms with van der Waals surface area (Å²) in [4.78, 5) is 24.3. The minimum Gasteiger partial charge on any atom is -0.469 e. The Hall–Kier alpha value is -1.94. The number of methoxy groups -OCH3 is 1. The van der Waals surface area contributed by atoms with E-state index in [2.05, 4.69) is 16.6 Å². The van der Waals surface area contributed by atoms with Gasteiger partial charge < -0.3 is 14.7 Å². The zero-order valence-corrected chi connectivity index (χ0v) is 16.9. The number of hydrogen-bond donors (Lipinski definition) is 1. The summed E-state index contributed by atoms with van der Waals surface area (Å²) in [5.74, 6) is 0.728. The summed E-state index contributed by atoms with van der Waals surface area (Å²) < 4.78 is 32.3. The molecule has 28 heavy (non-hydrogen) atoms. The van der Waals surface area contributed by atoms with Crippen molar-refractivity contribution in [2.24, 2.45) is 5.92 Å². The van der Waals surface area contributed by atoms with Gasteiger partial charge >= 0.3 is 11.9 Å². The van der Waals surface area contributed by atoms with Gasteiger partial charge in [0.25, 0.3) is 5.91 Å². The molecule has 1 saturated heterocycles. The molecule has 0 bridgehead atoms. The number of likely N-dealkylation sites (tertiary alicyclic amines) is 1. The van der Waals surface area contributed by atoms with Gasteiger partial charge in [-0.3, -0.25) is 9.59 Å². The quantitative estimate of drug-likeness (QED) is 0.251. The van der Waals surface area contributed by atoms with E-state index in [-0.39, 0.29) is 18.4 Å². The first kappa shape index (κ1) is 24.1. The topological polar surface area (TPSA) is 66.8 Å². The van der Waals surface area contributed by atoms with Gasteiger partial charge in [0.05, 0.1) is 19.3 Å². The van der Waals surface area contributed by atoms with Crippen LogP contribution < -0.4 is 0 Å². The Morgan fingerprint density at radius 2 is 2.07 bits per heavy atom. The maximum absolute atomic E-state index is 13.9. The van der Waals surface area contributed by atoms with E-state index in [4.69, 9.17) is 0 Å². The van der Waals surface area contributed by atoms with Crippen LogP contribution in [0.25, 0.3) is 0 Å². The second-order valence-corrected chi connectivity index (χ2v) is 7.20. The number of rotatable bonds is 11. The predicted octanol–water partition coefficient (Wildman–Crippen LogP) is 3.31. The van der Waals surface area contributed by atoms with E-state index < -0.39 is 30.4 Å². The number of aliphatic hydroxyl groups excluding tert-OH is 1. The highest BCUT2D eigenvalue weighted by Crippen LogP contribution is 2.34. The lowest BCUT2D eigenvalue weighted by Gasteiger charge is -2.22. The Bertz CT molecular complexity index is 609. The fourth-order valence-electron chi connectivity index (χ4n) is 3.08. The van der Waals surface area contributed by atoms with E-state index in [0.717, 1.165) is 12.8 Å². The molecule has 1 amide bonds. The molecule has 0 aliphatic carbocycles. The molecule has 1 aliphatic rings. The maximum atomic E-state index is 13.9. The summed E-state index contributed by atoms with van der Waals surface area (Å²) in [6, 6.07) is -0.725. The van der Waals surface area contributed by atoms with Gasteiger partial charge in [0.15, 0.2) is 0 Å². The molecule has 0 saturated carbocycles. The zero-order chi connectivity index (χ0) is 21.2. The number of esters is 1. The van der Waals surface area contributed by atoms with E-state index in [1.807, 2.05) is 6.92 Å². The first-order valence-electron chi connectivity index (χ1n) is 9.74. The number of carbonyl (C=O) groups excluding carboxylic acids is 2. The van der Waals surface area contributed by atoms with E-state index >= 15 is 0 Å². The van der Waals surface area contributed by atoms with Crippen molar-refractivity contribution >= 4 is 11.9 Å². The molecule has 1 heterocycles. The molecule has 0 spiro atoms. The molecule has 3 atom stereocenters. The molecule has 1 rings (SSSR count). The minimum absolute atomic E-state index is 0.121. The van der Waals surface area contributed by atoms with Crippen LogP contribution in [0.4, 0.5) is 8.78 Å². The van der Waals surface area contributed by atoms with E-state index in [1.165, 1.54) is 24.2 Å². The molecule has 7 heteroatoms. The molecule has 1 aliphatic heterocycles. The third kappa shape index (κ3) is 7.59. The summed E-state index contributed by atoms with van der Waals surface area (Å²) in [5, 5.41) is 10.1. The molecule has 5 nitrogen and oxygen atoms in total. The van der Waals surface area contributed by atoms with Crippen LogP contribution in [0, 0.1) is 17.8 Å². The van der Waals surface area contributed by atoms with Crippen molar-refractivity contribution in [3.05, 3.63) is 12.2 Å². The van der Waals surface area contributed by atoms with Gasteiger partial charge in [-0.05, 0) is 25.7 Å². The summed E-state index contributed by atoms with van der Waals surface area (Å²) in [5.41, 5.74) is 0. The number of amides is 1. The second-order valence-electron chi connectivity index (χ2n) is 7.20. The monoisotopic (exact) mass is 399 g/mol. The van der Waals surface area contributed by atoms with Crippen LogP contribution in [-0.2, 0) is 14.3 Å². The number of ether oxygens (including phenoxy) is 1. The van der Waals surface area contributed by atoms with Crippen molar-refractivity contribution in [3.8, 4) is 11.8 Å². The van der Waals surface area contributed by atoms with E-state index in [9.17, 15) is 23.5 Å². The number of alkyl halides is 2. The van der Waals surface area contributed by atoms with Crippen molar-refractivity contribution in [3.63, 3.8) is 0 Å². The summed E-state index contributed by atoms with van der Waals surface area (Å²) in [6.07, 6.45) is 5.23. The predicted molar refractivity (Wildman–Crippen MR) is 103 cm³/mol. The van der Waals surface area contributed by atoms with Gasteiger partial charge in [0.2, 0.25) is 0 Å². The Morgan fingerprint density at radius 1 is 1.39 bits per heavy atom. The van der Waals surface area contributed by atoms with Gasteiger partial charge in [-0.15, -0.1) is 11.8 Å². The molecule has 1 N–H and O–H groups in total. The Labute approximate surface area is 166 Å². The minimum atomic E-state index is -3.37. The van der Waals surface area contributed by atoms with Gasteiger partial charge in [0, 0.05) is 25.8 Å². The van der Waals surface area contributed by atoms with Crippen LogP contribution in [0.1, 0.15) is 58.8 Å². The number of hydrogen-bond acceptors (Lipinski definition) is 4. The Kier molecular flexibility index (Phi) is 10.2. The SMILES string of the molecule is CC#CCC(C)[C@@H](O)/C=C/[C@H]1CC(F)(F)C(=O)N1CCCCCCC(=O)OC. The van der Waals surface area contributed by atoms with Crippen LogP contribution in [0.15, 0.2) is 12.2 Å². The summed E-state index contributed by atoms with van der Waals surface area (Å²) in [6.45, 7) is 3.78. The van der Waals surface area contributed by atoms with Gasteiger partial charge in [-0.25, -0.2) is 0 Å². The van der Waals surface area contributed by atoms with Crippen LogP contribution in [0.2, 0.25) is 0 Å². The van der Waals surface area contributed by atoms with Crippen molar-refractivity contribution in [1.82, 2.24) is 4.90 Å². The fraction of sp³-hybridized carbons (Fsp3) is 0.714. The lowest BCUT2D eigenvalue weighted by atomic mass is 10.00. The van der Waals surface area contributed by atoms with Crippen molar-refractivity contribution in [1.29, 1.82) is 0 Å². The molecular formula is C21H31F2NO4. The highest BCUT2D eigenvalue weighted by molar-refractivity contribution is 5.86. The van der Waals surface area contributed by atoms with Crippen LogP contribution in [0.5, 0.6) is 0 Å². The summed E-state index contributed by atoms with van der Waals surface area (Å²) in [7, 11) is 1.34. The number of halogens is 2. The molecule has 0 aromatic heterocycles. The zero-order valence-electron chi connectivity index (χ0n) is 16.9. The largest absolute Gasteiger partial charge is 0.469 e. The van der Waals surface area contributed by atoms with Crippen LogP contribution in [-0.4, -0.2) is 53.6 Å². The number of nitrogens with zero attached hydrogens (tertiary/aromatic N) is 1. The number of carbonyl (C=O) groups is 2.